The van der Waals surface area contributed by atoms with E-state index in [-0.39, 0.29) is 0 Å². The normalized spacial score (nSPS) is 10.5. The molecule has 3 aromatic rings. The van der Waals surface area contributed by atoms with Gasteiger partial charge in [0, 0.05) is 11.6 Å². The fourth-order valence-corrected chi connectivity index (χ4v) is 2.12. The van der Waals surface area contributed by atoms with Crippen LogP contribution in [0.25, 0.3) is 16.6 Å². The quantitative estimate of drug-likeness (QED) is 0.696. The Hall–Kier alpha value is -2.60. The number of benzene rings is 2. The summed E-state index contributed by atoms with van der Waals surface area (Å²) in [4.78, 5) is 0. The molecule has 0 aliphatic rings. The first-order chi connectivity index (χ1) is 9.30. The van der Waals surface area contributed by atoms with Crippen molar-refractivity contribution in [3.63, 3.8) is 0 Å². The van der Waals surface area contributed by atoms with Gasteiger partial charge in [-0.3, -0.25) is 0 Å². The lowest BCUT2D eigenvalue weighted by atomic mass is 10.1. The molecule has 0 N–H and O–H groups in total. The Morgan fingerprint density at radius 1 is 1.16 bits per heavy atom. The highest BCUT2D eigenvalue weighted by molar-refractivity contribution is 5.79. The summed E-state index contributed by atoms with van der Waals surface area (Å²) in [5.74, 6) is 0. The van der Waals surface area contributed by atoms with Crippen molar-refractivity contribution in [3.05, 3.63) is 59.8 Å². The lowest BCUT2D eigenvalue weighted by Gasteiger charge is -1.99. The Bertz CT molecular complexity index is 761. The first-order valence-corrected chi connectivity index (χ1v) is 6.29. The van der Waals surface area contributed by atoms with Crippen molar-refractivity contribution >= 4 is 10.9 Å². The fraction of sp³-hybridized carbons (Fsp3) is 0.125. The van der Waals surface area contributed by atoms with Gasteiger partial charge in [0.1, 0.15) is 0 Å². The third kappa shape index (κ3) is 2.09. The van der Waals surface area contributed by atoms with Crippen LogP contribution < -0.4 is 0 Å². The SMILES string of the molecule is CCc1ccc2nn(-c3ccc(C#N)cc3)cc2c1. The van der Waals surface area contributed by atoms with Crippen LogP contribution in [0.3, 0.4) is 0 Å². The highest BCUT2D eigenvalue weighted by Crippen LogP contribution is 2.18. The standard InChI is InChI=1S/C16H13N3/c1-2-12-5-8-16-14(9-12)11-19(18-16)15-6-3-13(10-17)4-7-15/h3-9,11H,2H2,1H3. The predicted molar refractivity (Wildman–Crippen MR) is 75.2 cm³/mol. The number of hydrogen-bond acceptors (Lipinski definition) is 2. The highest BCUT2D eigenvalue weighted by atomic mass is 15.3. The molecule has 92 valence electrons. The minimum absolute atomic E-state index is 0.661. The molecule has 1 heterocycles. The van der Waals surface area contributed by atoms with Gasteiger partial charge in [-0.05, 0) is 48.4 Å². The maximum absolute atomic E-state index is 8.80. The Kier molecular flexibility index (Phi) is 2.77. The molecule has 0 bridgehead atoms. The van der Waals surface area contributed by atoms with Gasteiger partial charge < -0.3 is 0 Å². The van der Waals surface area contributed by atoms with Crippen LogP contribution in [0, 0.1) is 11.3 Å². The van der Waals surface area contributed by atoms with Gasteiger partial charge in [0.05, 0.1) is 22.8 Å². The average Bonchev–Trinajstić information content (AvgIpc) is 2.90. The van der Waals surface area contributed by atoms with Crippen LogP contribution in [0.4, 0.5) is 0 Å². The molecule has 0 aliphatic heterocycles. The molecule has 3 rings (SSSR count). The summed E-state index contributed by atoms with van der Waals surface area (Å²) >= 11 is 0. The summed E-state index contributed by atoms with van der Waals surface area (Å²) in [5.41, 5.74) is 3.93. The van der Waals surface area contributed by atoms with Crippen LogP contribution in [0.1, 0.15) is 18.1 Å². The van der Waals surface area contributed by atoms with Gasteiger partial charge >= 0.3 is 0 Å². The summed E-state index contributed by atoms with van der Waals surface area (Å²) < 4.78 is 1.85. The first-order valence-electron chi connectivity index (χ1n) is 6.29. The van der Waals surface area contributed by atoms with Crippen molar-refractivity contribution in [2.24, 2.45) is 0 Å². The third-order valence-electron chi connectivity index (χ3n) is 3.24. The number of nitriles is 1. The van der Waals surface area contributed by atoms with Crippen molar-refractivity contribution in [1.29, 1.82) is 5.26 Å². The molecule has 0 fully saturated rings. The molecule has 0 aliphatic carbocycles. The number of nitrogens with zero attached hydrogens (tertiary/aromatic N) is 3. The molecule has 0 spiro atoms. The number of aryl methyl sites for hydroxylation is 1. The zero-order valence-corrected chi connectivity index (χ0v) is 10.7. The van der Waals surface area contributed by atoms with Crippen molar-refractivity contribution in [1.82, 2.24) is 9.78 Å². The van der Waals surface area contributed by atoms with E-state index in [1.807, 2.05) is 29.1 Å². The number of hydrogen-bond donors (Lipinski definition) is 0. The van der Waals surface area contributed by atoms with Crippen LogP contribution in [0.2, 0.25) is 0 Å². The minimum atomic E-state index is 0.661. The van der Waals surface area contributed by atoms with Gasteiger partial charge in [0.15, 0.2) is 0 Å². The van der Waals surface area contributed by atoms with Gasteiger partial charge in [-0.2, -0.15) is 10.4 Å². The number of rotatable bonds is 2. The van der Waals surface area contributed by atoms with Crippen molar-refractivity contribution in [2.75, 3.05) is 0 Å². The minimum Gasteiger partial charge on any atom is -0.240 e. The Morgan fingerprint density at radius 2 is 1.95 bits per heavy atom. The topological polar surface area (TPSA) is 41.6 Å². The molecule has 0 saturated carbocycles. The smallest absolute Gasteiger partial charge is 0.0991 e. The van der Waals surface area contributed by atoms with Crippen molar-refractivity contribution in [3.8, 4) is 11.8 Å². The fourth-order valence-electron chi connectivity index (χ4n) is 2.12. The molecule has 0 saturated heterocycles. The average molecular weight is 247 g/mol. The zero-order valence-electron chi connectivity index (χ0n) is 10.7. The van der Waals surface area contributed by atoms with Crippen molar-refractivity contribution < 1.29 is 0 Å². The molecule has 1 aromatic heterocycles. The second-order valence-electron chi connectivity index (χ2n) is 4.48. The molecule has 0 unspecified atom stereocenters. The van der Waals surface area contributed by atoms with E-state index in [1.54, 1.807) is 12.1 Å². The van der Waals surface area contributed by atoms with E-state index in [1.165, 1.54) is 5.56 Å². The third-order valence-corrected chi connectivity index (χ3v) is 3.24. The highest BCUT2D eigenvalue weighted by Gasteiger charge is 2.03. The molecule has 0 radical (unpaired) electrons. The summed E-state index contributed by atoms with van der Waals surface area (Å²) in [6, 6.07) is 15.9. The maximum atomic E-state index is 8.80. The van der Waals surface area contributed by atoms with Crippen LogP contribution in [-0.4, -0.2) is 9.78 Å². The summed E-state index contributed by atoms with van der Waals surface area (Å²) in [7, 11) is 0. The summed E-state index contributed by atoms with van der Waals surface area (Å²) in [6.45, 7) is 2.15. The number of fused-ring (bicyclic) bond motifs is 1. The van der Waals surface area contributed by atoms with E-state index in [4.69, 9.17) is 5.26 Å². The summed E-state index contributed by atoms with van der Waals surface area (Å²) in [6.07, 6.45) is 3.05. The van der Waals surface area contributed by atoms with E-state index in [0.29, 0.717) is 5.56 Å². The van der Waals surface area contributed by atoms with Gasteiger partial charge in [-0.1, -0.05) is 13.0 Å². The van der Waals surface area contributed by atoms with E-state index < -0.39 is 0 Å². The largest absolute Gasteiger partial charge is 0.240 e. The monoisotopic (exact) mass is 247 g/mol. The second-order valence-corrected chi connectivity index (χ2v) is 4.48. The molecule has 0 amide bonds. The molecule has 3 nitrogen and oxygen atoms in total. The molecular formula is C16H13N3. The Morgan fingerprint density at radius 3 is 2.63 bits per heavy atom. The Balaban J connectivity index is 2.07. The van der Waals surface area contributed by atoms with Crippen LogP contribution in [-0.2, 0) is 6.42 Å². The second kappa shape index (κ2) is 4.58. The van der Waals surface area contributed by atoms with E-state index in [0.717, 1.165) is 23.0 Å². The Labute approximate surface area is 111 Å². The van der Waals surface area contributed by atoms with Crippen LogP contribution in [0.15, 0.2) is 48.7 Å². The molecule has 0 atom stereocenters. The van der Waals surface area contributed by atoms with Gasteiger partial charge in [0.25, 0.3) is 0 Å². The lowest BCUT2D eigenvalue weighted by Crippen LogP contribution is -1.93. The lowest BCUT2D eigenvalue weighted by molar-refractivity contribution is 0.896. The van der Waals surface area contributed by atoms with Gasteiger partial charge in [-0.15, -0.1) is 0 Å². The molecule has 3 heteroatoms. The van der Waals surface area contributed by atoms with E-state index >= 15 is 0 Å². The van der Waals surface area contributed by atoms with Crippen molar-refractivity contribution in [2.45, 2.75) is 13.3 Å². The predicted octanol–water partition coefficient (Wildman–Crippen LogP) is 3.46. The van der Waals surface area contributed by atoms with Gasteiger partial charge in [0.2, 0.25) is 0 Å². The van der Waals surface area contributed by atoms with Crippen LogP contribution >= 0.6 is 0 Å². The molecular weight excluding hydrogens is 234 g/mol. The number of aromatic nitrogens is 2. The first kappa shape index (κ1) is 11.5. The molecule has 19 heavy (non-hydrogen) atoms. The zero-order chi connectivity index (χ0) is 13.2. The summed E-state index contributed by atoms with van der Waals surface area (Å²) in [5, 5.41) is 14.5. The molecule has 2 aromatic carbocycles. The van der Waals surface area contributed by atoms with Gasteiger partial charge in [-0.25, -0.2) is 4.68 Å². The van der Waals surface area contributed by atoms with E-state index in [2.05, 4.69) is 30.2 Å². The van der Waals surface area contributed by atoms with E-state index in [9.17, 15) is 0 Å². The van der Waals surface area contributed by atoms with Crippen LogP contribution in [0.5, 0.6) is 0 Å². The maximum Gasteiger partial charge on any atom is 0.0991 e.